The fraction of sp³-hybridized carbons (Fsp3) is 0.357. The highest BCUT2D eigenvalue weighted by Gasteiger charge is 2.09. The van der Waals surface area contributed by atoms with E-state index in [2.05, 4.69) is 33.4 Å². The molecule has 0 aliphatic heterocycles. The van der Waals surface area contributed by atoms with E-state index < -0.39 is 0 Å². The van der Waals surface area contributed by atoms with Crippen molar-refractivity contribution in [3.8, 4) is 0 Å². The topological polar surface area (TPSA) is 26.3 Å². The standard InChI is InChI=1S/C14H18O2/c1-6-14(15)16-8-13-10(3)7-9(2)11(4)12(13)5/h6-7H,1,8H2,2-5H3. The molecular formula is C14H18O2. The van der Waals surface area contributed by atoms with Crippen molar-refractivity contribution in [1.82, 2.24) is 0 Å². The Hall–Kier alpha value is -1.57. The van der Waals surface area contributed by atoms with Gasteiger partial charge in [-0.1, -0.05) is 12.6 Å². The Morgan fingerprint density at radius 1 is 1.25 bits per heavy atom. The zero-order chi connectivity index (χ0) is 12.3. The largest absolute Gasteiger partial charge is 0.458 e. The molecule has 2 nitrogen and oxygen atoms in total. The van der Waals surface area contributed by atoms with E-state index in [1.54, 1.807) is 0 Å². The first-order valence-corrected chi connectivity index (χ1v) is 5.32. The quantitative estimate of drug-likeness (QED) is 0.575. The molecule has 16 heavy (non-hydrogen) atoms. The molecule has 1 aromatic rings. The number of aryl methyl sites for hydroxylation is 2. The second-order valence-electron chi connectivity index (χ2n) is 4.05. The van der Waals surface area contributed by atoms with Gasteiger partial charge in [0.05, 0.1) is 0 Å². The minimum Gasteiger partial charge on any atom is -0.458 e. The van der Waals surface area contributed by atoms with Crippen molar-refractivity contribution < 1.29 is 9.53 Å². The first-order chi connectivity index (χ1) is 7.47. The lowest BCUT2D eigenvalue weighted by molar-refractivity contribution is -0.138. The van der Waals surface area contributed by atoms with Crippen molar-refractivity contribution in [2.24, 2.45) is 0 Å². The van der Waals surface area contributed by atoms with Crippen LogP contribution in [0.2, 0.25) is 0 Å². The van der Waals surface area contributed by atoms with Crippen molar-refractivity contribution >= 4 is 5.97 Å². The summed E-state index contributed by atoms with van der Waals surface area (Å²) in [5.74, 6) is -0.378. The molecule has 1 rings (SSSR count). The van der Waals surface area contributed by atoms with Crippen LogP contribution < -0.4 is 0 Å². The predicted octanol–water partition coefficient (Wildman–Crippen LogP) is 3.15. The Bertz CT molecular complexity index is 431. The van der Waals surface area contributed by atoms with E-state index in [4.69, 9.17) is 4.74 Å². The van der Waals surface area contributed by atoms with Crippen LogP contribution in [-0.4, -0.2) is 5.97 Å². The second-order valence-corrected chi connectivity index (χ2v) is 4.05. The van der Waals surface area contributed by atoms with Crippen molar-refractivity contribution in [2.45, 2.75) is 34.3 Å². The number of benzene rings is 1. The van der Waals surface area contributed by atoms with Crippen LogP contribution in [0.25, 0.3) is 0 Å². The molecule has 0 aliphatic rings. The molecular weight excluding hydrogens is 200 g/mol. The minimum absolute atomic E-state index is 0.323. The number of ether oxygens (including phenoxy) is 1. The summed E-state index contributed by atoms with van der Waals surface area (Å²) in [5, 5.41) is 0. The van der Waals surface area contributed by atoms with E-state index in [1.165, 1.54) is 22.8 Å². The molecule has 0 heterocycles. The predicted molar refractivity (Wildman–Crippen MR) is 65.4 cm³/mol. The molecule has 0 atom stereocenters. The molecule has 1 aromatic carbocycles. The Balaban J connectivity index is 3.00. The van der Waals surface area contributed by atoms with Crippen LogP contribution in [0.5, 0.6) is 0 Å². The van der Waals surface area contributed by atoms with E-state index in [0.29, 0.717) is 6.61 Å². The molecule has 86 valence electrons. The van der Waals surface area contributed by atoms with E-state index >= 15 is 0 Å². The van der Waals surface area contributed by atoms with Gasteiger partial charge in [-0.25, -0.2) is 4.79 Å². The summed E-state index contributed by atoms with van der Waals surface area (Å²) in [5.41, 5.74) is 5.99. The molecule has 0 aliphatic carbocycles. The fourth-order valence-corrected chi connectivity index (χ4v) is 1.76. The third kappa shape index (κ3) is 2.51. The Kier molecular flexibility index (Phi) is 3.88. The summed E-state index contributed by atoms with van der Waals surface area (Å²) < 4.78 is 5.08. The Morgan fingerprint density at radius 2 is 1.88 bits per heavy atom. The summed E-state index contributed by atoms with van der Waals surface area (Å²) in [6, 6.07) is 2.12. The summed E-state index contributed by atoms with van der Waals surface area (Å²) in [7, 11) is 0. The van der Waals surface area contributed by atoms with Gasteiger partial charge in [0.2, 0.25) is 0 Å². The minimum atomic E-state index is -0.378. The SMILES string of the molecule is C=CC(=O)OCc1c(C)cc(C)c(C)c1C. The monoisotopic (exact) mass is 218 g/mol. The molecule has 0 bridgehead atoms. The summed E-state index contributed by atoms with van der Waals surface area (Å²) in [6.45, 7) is 12.0. The highest BCUT2D eigenvalue weighted by molar-refractivity contribution is 5.81. The summed E-state index contributed by atoms with van der Waals surface area (Å²) >= 11 is 0. The Labute approximate surface area is 96.9 Å². The van der Waals surface area contributed by atoms with Crippen molar-refractivity contribution in [1.29, 1.82) is 0 Å². The van der Waals surface area contributed by atoms with Gasteiger partial charge in [-0.05, 0) is 55.5 Å². The zero-order valence-electron chi connectivity index (χ0n) is 10.4. The normalized spacial score (nSPS) is 10.0. The van der Waals surface area contributed by atoms with Crippen molar-refractivity contribution in [3.63, 3.8) is 0 Å². The smallest absolute Gasteiger partial charge is 0.330 e. The third-order valence-electron chi connectivity index (χ3n) is 3.04. The van der Waals surface area contributed by atoms with Gasteiger partial charge >= 0.3 is 5.97 Å². The molecule has 0 saturated heterocycles. The molecule has 2 heteroatoms. The van der Waals surface area contributed by atoms with Crippen LogP contribution in [0.15, 0.2) is 18.7 Å². The summed E-state index contributed by atoms with van der Waals surface area (Å²) in [4.78, 5) is 11.0. The molecule has 0 N–H and O–H groups in total. The number of esters is 1. The maximum Gasteiger partial charge on any atom is 0.330 e. The van der Waals surface area contributed by atoms with Crippen molar-refractivity contribution in [3.05, 3.63) is 46.5 Å². The van der Waals surface area contributed by atoms with Crippen LogP contribution in [0.1, 0.15) is 27.8 Å². The molecule has 0 fully saturated rings. The van der Waals surface area contributed by atoms with E-state index in [9.17, 15) is 4.79 Å². The van der Waals surface area contributed by atoms with E-state index in [0.717, 1.165) is 11.1 Å². The van der Waals surface area contributed by atoms with Gasteiger partial charge in [0.15, 0.2) is 0 Å². The van der Waals surface area contributed by atoms with E-state index in [-0.39, 0.29) is 5.97 Å². The van der Waals surface area contributed by atoms with Gasteiger partial charge in [0.1, 0.15) is 6.61 Å². The van der Waals surface area contributed by atoms with Gasteiger partial charge in [-0.15, -0.1) is 0 Å². The highest BCUT2D eigenvalue weighted by atomic mass is 16.5. The van der Waals surface area contributed by atoms with Crippen LogP contribution in [0.4, 0.5) is 0 Å². The molecule has 0 unspecified atom stereocenters. The lowest BCUT2D eigenvalue weighted by Gasteiger charge is -2.14. The lowest BCUT2D eigenvalue weighted by atomic mass is 9.95. The van der Waals surface area contributed by atoms with Gasteiger partial charge < -0.3 is 4.74 Å². The maximum absolute atomic E-state index is 11.0. The molecule has 0 spiro atoms. The zero-order valence-corrected chi connectivity index (χ0v) is 10.4. The molecule has 0 amide bonds. The average molecular weight is 218 g/mol. The molecule has 0 saturated carbocycles. The van der Waals surface area contributed by atoms with Crippen molar-refractivity contribution in [2.75, 3.05) is 0 Å². The Morgan fingerprint density at radius 3 is 2.44 bits per heavy atom. The first kappa shape index (κ1) is 12.5. The van der Waals surface area contributed by atoms with Crippen LogP contribution in [0.3, 0.4) is 0 Å². The number of hydrogen-bond acceptors (Lipinski definition) is 2. The number of carbonyl (C=O) groups is 1. The fourth-order valence-electron chi connectivity index (χ4n) is 1.76. The third-order valence-corrected chi connectivity index (χ3v) is 3.04. The van der Waals surface area contributed by atoms with Gasteiger partial charge in [-0.2, -0.15) is 0 Å². The lowest BCUT2D eigenvalue weighted by Crippen LogP contribution is -2.05. The number of hydrogen-bond donors (Lipinski definition) is 0. The first-order valence-electron chi connectivity index (χ1n) is 5.32. The number of rotatable bonds is 3. The second kappa shape index (κ2) is 4.97. The van der Waals surface area contributed by atoms with Crippen LogP contribution >= 0.6 is 0 Å². The van der Waals surface area contributed by atoms with Gasteiger partial charge in [-0.3, -0.25) is 0 Å². The van der Waals surface area contributed by atoms with Crippen LogP contribution in [-0.2, 0) is 16.1 Å². The van der Waals surface area contributed by atoms with Gasteiger partial charge in [0.25, 0.3) is 0 Å². The maximum atomic E-state index is 11.0. The average Bonchev–Trinajstić information content (AvgIpc) is 2.25. The highest BCUT2D eigenvalue weighted by Crippen LogP contribution is 2.22. The molecule has 0 aromatic heterocycles. The summed E-state index contributed by atoms with van der Waals surface area (Å²) in [6.07, 6.45) is 1.19. The van der Waals surface area contributed by atoms with E-state index in [1.807, 2.05) is 6.92 Å². The number of carbonyl (C=O) groups excluding carboxylic acids is 1. The van der Waals surface area contributed by atoms with Crippen LogP contribution in [0, 0.1) is 27.7 Å². The molecule has 0 radical (unpaired) electrons. The van der Waals surface area contributed by atoms with Gasteiger partial charge in [0, 0.05) is 6.08 Å².